The number of nitrogens with one attached hydrogen (secondary N) is 2. The molecule has 194 valence electrons. The summed E-state index contributed by atoms with van der Waals surface area (Å²) in [5.74, 6) is -0.408. The highest BCUT2D eigenvalue weighted by atomic mass is 35.5. The van der Waals surface area contributed by atoms with Crippen molar-refractivity contribution in [1.29, 1.82) is 0 Å². The number of anilines is 1. The van der Waals surface area contributed by atoms with Crippen LogP contribution < -0.4 is 10.6 Å². The molecule has 3 aromatic rings. The molecule has 0 bridgehead atoms. The van der Waals surface area contributed by atoms with Gasteiger partial charge < -0.3 is 15.7 Å². The van der Waals surface area contributed by atoms with E-state index in [4.69, 9.17) is 23.2 Å². The van der Waals surface area contributed by atoms with E-state index in [1.165, 1.54) is 23.0 Å². The highest BCUT2D eigenvalue weighted by Crippen LogP contribution is 2.34. The molecule has 13 heteroatoms. The monoisotopic (exact) mass is 544 g/mol. The summed E-state index contributed by atoms with van der Waals surface area (Å²) in [4.78, 5) is 20.7. The predicted molar refractivity (Wildman–Crippen MR) is 130 cm³/mol. The average Bonchev–Trinajstić information content (AvgIpc) is 3.12. The first-order chi connectivity index (χ1) is 16.8. The molecule has 3 N–H and O–H groups in total. The van der Waals surface area contributed by atoms with Crippen LogP contribution in [-0.2, 0) is 12.7 Å². The average molecular weight is 545 g/mol. The van der Waals surface area contributed by atoms with Crippen LogP contribution in [-0.4, -0.2) is 48.4 Å². The number of aromatic nitrogens is 4. The SMILES string of the molecule is CC(C)(O)Cn1cc(C(=O)N[C@@H]2CCC[C@H](Nc3cc(C(F)(F)F)nc4ccc(Cl)nc34)C2)c(Cl)n1. The Hall–Kier alpha value is -2.63. The van der Waals surface area contributed by atoms with Crippen LogP contribution in [0.3, 0.4) is 0 Å². The summed E-state index contributed by atoms with van der Waals surface area (Å²) in [6, 6.07) is 3.28. The number of pyridine rings is 2. The molecule has 4 rings (SSSR count). The molecule has 0 unspecified atom stereocenters. The molecule has 36 heavy (non-hydrogen) atoms. The number of alkyl halides is 3. The summed E-state index contributed by atoms with van der Waals surface area (Å²) in [5.41, 5.74) is -1.37. The largest absolute Gasteiger partial charge is 0.433 e. The number of hydrogen-bond acceptors (Lipinski definition) is 6. The minimum absolute atomic E-state index is 0.0214. The Morgan fingerprint density at radius 1 is 1.19 bits per heavy atom. The van der Waals surface area contributed by atoms with E-state index in [0.717, 1.165) is 12.5 Å². The van der Waals surface area contributed by atoms with Gasteiger partial charge >= 0.3 is 6.18 Å². The van der Waals surface area contributed by atoms with E-state index in [9.17, 15) is 23.1 Å². The van der Waals surface area contributed by atoms with Crippen LogP contribution >= 0.6 is 23.2 Å². The Bertz CT molecular complexity index is 1280. The molecule has 0 radical (unpaired) electrons. The van der Waals surface area contributed by atoms with Crippen LogP contribution in [0, 0.1) is 0 Å². The molecule has 1 aliphatic carbocycles. The van der Waals surface area contributed by atoms with Crippen molar-refractivity contribution in [2.45, 2.75) is 69.9 Å². The summed E-state index contributed by atoms with van der Waals surface area (Å²) in [7, 11) is 0. The number of aliphatic hydroxyl groups is 1. The van der Waals surface area contributed by atoms with Gasteiger partial charge in [-0.05, 0) is 57.7 Å². The normalized spacial score (nSPS) is 18.9. The molecule has 1 aliphatic rings. The molecule has 0 aromatic carbocycles. The van der Waals surface area contributed by atoms with Crippen LogP contribution in [0.2, 0.25) is 10.3 Å². The van der Waals surface area contributed by atoms with Crippen LogP contribution in [0.5, 0.6) is 0 Å². The van der Waals surface area contributed by atoms with Crippen molar-refractivity contribution in [1.82, 2.24) is 25.1 Å². The molecular weight excluding hydrogens is 520 g/mol. The summed E-state index contributed by atoms with van der Waals surface area (Å²) in [5, 5.41) is 20.3. The molecular formula is C23H25Cl2F3N6O2. The van der Waals surface area contributed by atoms with E-state index in [1.807, 2.05) is 0 Å². The maximum absolute atomic E-state index is 13.4. The fourth-order valence-corrected chi connectivity index (χ4v) is 4.68. The van der Waals surface area contributed by atoms with Gasteiger partial charge in [-0.1, -0.05) is 23.2 Å². The van der Waals surface area contributed by atoms with Gasteiger partial charge in [0.2, 0.25) is 0 Å². The predicted octanol–water partition coefficient (Wildman–Crippen LogP) is 5.08. The highest BCUT2D eigenvalue weighted by molar-refractivity contribution is 6.32. The zero-order valence-corrected chi connectivity index (χ0v) is 21.0. The molecule has 0 spiro atoms. The van der Waals surface area contributed by atoms with Crippen molar-refractivity contribution in [2.75, 3.05) is 5.32 Å². The van der Waals surface area contributed by atoms with Crippen LogP contribution in [0.15, 0.2) is 24.4 Å². The smallest absolute Gasteiger partial charge is 0.389 e. The van der Waals surface area contributed by atoms with Crippen molar-refractivity contribution in [3.05, 3.63) is 46.0 Å². The molecule has 8 nitrogen and oxygen atoms in total. The van der Waals surface area contributed by atoms with Crippen LogP contribution in [0.4, 0.5) is 18.9 Å². The molecule has 0 saturated heterocycles. The van der Waals surface area contributed by atoms with Gasteiger partial charge in [0.25, 0.3) is 5.91 Å². The van der Waals surface area contributed by atoms with Crippen LogP contribution in [0.25, 0.3) is 11.0 Å². The summed E-state index contributed by atoms with van der Waals surface area (Å²) >= 11 is 12.1. The molecule has 3 heterocycles. The van der Waals surface area contributed by atoms with Gasteiger partial charge in [-0.25, -0.2) is 9.97 Å². The van der Waals surface area contributed by atoms with Gasteiger partial charge in [-0.15, -0.1) is 0 Å². The van der Waals surface area contributed by atoms with E-state index in [0.29, 0.717) is 19.3 Å². The number of halogens is 5. The van der Waals surface area contributed by atoms with E-state index >= 15 is 0 Å². The van der Waals surface area contributed by atoms with Gasteiger partial charge in [0.15, 0.2) is 5.15 Å². The van der Waals surface area contributed by atoms with Gasteiger partial charge in [0.1, 0.15) is 16.4 Å². The lowest BCUT2D eigenvalue weighted by Crippen LogP contribution is -2.41. The molecule has 1 fully saturated rings. The van der Waals surface area contributed by atoms with Gasteiger partial charge in [0, 0.05) is 18.3 Å². The quantitative estimate of drug-likeness (QED) is 0.374. The Morgan fingerprint density at radius 3 is 2.61 bits per heavy atom. The van der Waals surface area contributed by atoms with Crippen molar-refractivity contribution in [3.8, 4) is 0 Å². The lowest BCUT2D eigenvalue weighted by Gasteiger charge is -2.31. The summed E-state index contributed by atoms with van der Waals surface area (Å²) < 4.78 is 41.7. The number of nitrogens with zero attached hydrogens (tertiary/aromatic N) is 4. The number of rotatable bonds is 6. The lowest BCUT2D eigenvalue weighted by atomic mass is 9.90. The summed E-state index contributed by atoms with van der Waals surface area (Å²) in [6.45, 7) is 3.39. The van der Waals surface area contributed by atoms with E-state index < -0.39 is 23.4 Å². The third-order valence-corrected chi connectivity index (χ3v) is 6.28. The number of carbonyl (C=O) groups excluding carboxylic acids is 1. The van der Waals surface area contributed by atoms with Crippen LogP contribution in [0.1, 0.15) is 55.6 Å². The number of amides is 1. The topological polar surface area (TPSA) is 105 Å². The molecule has 1 saturated carbocycles. The van der Waals surface area contributed by atoms with E-state index in [-0.39, 0.29) is 51.2 Å². The zero-order chi connectivity index (χ0) is 26.3. The second kappa shape index (κ2) is 10.0. The van der Waals surface area contributed by atoms with Gasteiger partial charge in [-0.3, -0.25) is 9.48 Å². The number of carbonyl (C=O) groups is 1. The third kappa shape index (κ3) is 6.37. The van der Waals surface area contributed by atoms with E-state index in [1.54, 1.807) is 13.8 Å². The minimum atomic E-state index is -4.62. The molecule has 0 aliphatic heterocycles. The third-order valence-electron chi connectivity index (χ3n) is 5.79. The second-order valence-corrected chi connectivity index (χ2v) is 10.3. The standard InChI is InChI=1S/C23H25Cl2F3N6O2/c1-22(2,36)11-34-10-14(20(25)33-34)21(35)30-13-5-3-4-12(8-13)29-16-9-17(23(26,27)28)31-15-6-7-18(24)32-19(15)16/h6-7,9-10,12-13,36H,3-5,8,11H2,1-2H3,(H,29,31)(H,30,35)/t12-,13+/m0/s1. The first kappa shape index (κ1) is 26.4. The molecule has 1 amide bonds. The fraction of sp³-hybridized carbons (Fsp3) is 0.478. The van der Waals surface area contributed by atoms with Crippen molar-refractivity contribution >= 4 is 45.8 Å². The second-order valence-electron chi connectivity index (χ2n) is 9.58. The first-order valence-corrected chi connectivity index (χ1v) is 12.1. The zero-order valence-electron chi connectivity index (χ0n) is 19.5. The van der Waals surface area contributed by atoms with Crippen molar-refractivity contribution in [3.63, 3.8) is 0 Å². The molecule has 2 atom stereocenters. The summed E-state index contributed by atoms with van der Waals surface area (Å²) in [6.07, 6.45) is -0.519. The fourth-order valence-electron chi connectivity index (χ4n) is 4.30. The Labute approximate surface area is 215 Å². The van der Waals surface area contributed by atoms with Crippen molar-refractivity contribution in [2.24, 2.45) is 0 Å². The first-order valence-electron chi connectivity index (χ1n) is 11.4. The number of hydrogen-bond donors (Lipinski definition) is 3. The maximum atomic E-state index is 13.4. The van der Waals surface area contributed by atoms with Gasteiger partial charge in [-0.2, -0.15) is 18.3 Å². The van der Waals surface area contributed by atoms with Gasteiger partial charge in [0.05, 0.1) is 28.9 Å². The Morgan fingerprint density at radius 2 is 1.92 bits per heavy atom. The van der Waals surface area contributed by atoms with Crippen molar-refractivity contribution < 1.29 is 23.1 Å². The Kier molecular flexibility index (Phi) is 7.36. The highest BCUT2D eigenvalue weighted by Gasteiger charge is 2.34. The lowest BCUT2D eigenvalue weighted by molar-refractivity contribution is -0.140. The maximum Gasteiger partial charge on any atom is 0.433 e. The van der Waals surface area contributed by atoms with E-state index in [2.05, 4.69) is 25.7 Å². The minimum Gasteiger partial charge on any atom is -0.389 e. The number of fused-ring (bicyclic) bond motifs is 1. The Balaban J connectivity index is 1.49. The molecule has 3 aromatic heterocycles.